The van der Waals surface area contributed by atoms with Crippen molar-refractivity contribution in [2.45, 2.75) is 13.8 Å². The molecule has 0 aliphatic heterocycles. The van der Waals surface area contributed by atoms with Gasteiger partial charge >= 0.3 is 12.9 Å². The predicted molar refractivity (Wildman–Crippen MR) is 39.5 cm³/mol. The van der Waals surface area contributed by atoms with Gasteiger partial charge in [0.15, 0.2) is 0 Å². The van der Waals surface area contributed by atoms with E-state index >= 15 is 0 Å². The van der Waals surface area contributed by atoms with E-state index in [0.29, 0.717) is 6.08 Å². The van der Waals surface area contributed by atoms with Crippen molar-refractivity contribution in [2.75, 3.05) is 6.61 Å². The third kappa shape index (κ3) is 4.05. The molecule has 0 aromatic rings. The molecule has 0 unspecified atom stereocenters. The lowest BCUT2D eigenvalue weighted by Crippen LogP contribution is -2.18. The highest BCUT2D eigenvalue weighted by Gasteiger charge is 2.25. The van der Waals surface area contributed by atoms with Gasteiger partial charge in [-0.2, -0.15) is 0 Å². The molecule has 0 spiro atoms. The first-order valence-corrected chi connectivity index (χ1v) is 3.42. The van der Waals surface area contributed by atoms with Crippen molar-refractivity contribution in [1.29, 1.82) is 0 Å². The summed E-state index contributed by atoms with van der Waals surface area (Å²) in [5, 5.41) is 0. The quantitative estimate of drug-likeness (QED) is 0.377. The van der Waals surface area contributed by atoms with E-state index in [4.69, 9.17) is 0 Å². The molecule has 6 heteroatoms. The number of esters is 1. The molecule has 2 nitrogen and oxygen atoms in total. The fourth-order valence-electron chi connectivity index (χ4n) is 0.464. The number of carbonyl (C=O) groups is 1. The van der Waals surface area contributed by atoms with Crippen molar-refractivity contribution in [3.8, 4) is 0 Å². The number of rotatable bonds is 3. The summed E-state index contributed by atoms with van der Waals surface area (Å²) in [5.74, 6) is -0.950. The lowest BCUT2D eigenvalue weighted by Gasteiger charge is -2.13. The minimum atomic E-state index is -5.05. The van der Waals surface area contributed by atoms with Crippen LogP contribution in [-0.4, -0.2) is 19.6 Å². The van der Waals surface area contributed by atoms with Gasteiger partial charge in [0.1, 0.15) is 0 Å². The Kier molecular flexibility index (Phi) is 3.86. The summed E-state index contributed by atoms with van der Waals surface area (Å²) < 4.78 is 39.8. The molecule has 0 aliphatic carbocycles. The van der Waals surface area contributed by atoms with Crippen molar-refractivity contribution < 1.29 is 22.5 Å². The van der Waals surface area contributed by atoms with Gasteiger partial charge in [-0.15, -0.1) is 5.47 Å². The van der Waals surface area contributed by atoms with E-state index in [1.807, 2.05) is 0 Å². The van der Waals surface area contributed by atoms with Crippen molar-refractivity contribution in [3.63, 3.8) is 0 Å². The van der Waals surface area contributed by atoms with Crippen LogP contribution in [0.3, 0.4) is 0 Å². The maximum absolute atomic E-state index is 11.8. The van der Waals surface area contributed by atoms with Gasteiger partial charge in [-0.1, -0.05) is 6.92 Å². The highest BCUT2D eigenvalue weighted by Crippen LogP contribution is 2.18. The first-order valence-electron chi connectivity index (χ1n) is 3.42. The monoisotopic (exact) mass is 181 g/mol. The Morgan fingerprint density at radius 3 is 2.33 bits per heavy atom. The first kappa shape index (κ1) is 11.1. The lowest BCUT2D eigenvalue weighted by atomic mass is 9.80. The summed E-state index contributed by atoms with van der Waals surface area (Å²) in [6.07, 6.45) is 0.462. The molecule has 0 saturated heterocycles. The fourth-order valence-corrected chi connectivity index (χ4v) is 0.464. The molecule has 0 saturated carbocycles. The van der Waals surface area contributed by atoms with Crippen LogP contribution < -0.4 is 0 Å². The largest absolute Gasteiger partial charge is 0.505 e. The van der Waals surface area contributed by atoms with Crippen molar-refractivity contribution >= 4 is 12.9 Å². The molecular weight excluding hydrogens is 172 g/mol. The lowest BCUT2D eigenvalue weighted by molar-refractivity contribution is -0.137. The summed E-state index contributed by atoms with van der Waals surface area (Å²) in [5.41, 5.74) is -0.895. The molecule has 0 bridgehead atoms. The van der Waals surface area contributed by atoms with Crippen molar-refractivity contribution in [1.82, 2.24) is 0 Å². The second-order valence-corrected chi connectivity index (χ2v) is 2.22. The summed E-state index contributed by atoms with van der Waals surface area (Å²) in [6.45, 7) is -2.61. The smallest absolute Gasteiger partial charge is 0.463 e. The van der Waals surface area contributed by atoms with Gasteiger partial charge in [0.25, 0.3) is 0 Å². The fraction of sp³-hybridized carbons (Fsp3) is 0.500. The van der Waals surface area contributed by atoms with Crippen molar-refractivity contribution in [2.24, 2.45) is 0 Å². The molecule has 0 amide bonds. The Morgan fingerprint density at radius 2 is 2.00 bits per heavy atom. The Morgan fingerprint density at radius 1 is 1.50 bits per heavy atom. The Balaban J connectivity index is 4.26. The molecular formula is C6H9BF3O2-. The van der Waals surface area contributed by atoms with E-state index in [-0.39, 0.29) is 6.61 Å². The number of hydrogen-bond donors (Lipinski definition) is 0. The Labute approximate surface area is 68.5 Å². The van der Waals surface area contributed by atoms with E-state index in [9.17, 15) is 17.7 Å². The van der Waals surface area contributed by atoms with E-state index < -0.39 is 18.4 Å². The normalized spacial score (nSPS) is 12.9. The van der Waals surface area contributed by atoms with Gasteiger partial charge in [-0.25, -0.2) is 4.79 Å². The predicted octanol–water partition coefficient (Wildman–Crippen LogP) is 1.88. The minimum Gasteiger partial charge on any atom is -0.463 e. The summed E-state index contributed by atoms with van der Waals surface area (Å²) >= 11 is 0. The molecule has 0 rings (SSSR count). The molecule has 0 heterocycles. The van der Waals surface area contributed by atoms with Crippen LogP contribution in [0.5, 0.6) is 0 Å². The third-order valence-corrected chi connectivity index (χ3v) is 1.15. The summed E-state index contributed by atoms with van der Waals surface area (Å²) in [6, 6.07) is 0. The van der Waals surface area contributed by atoms with E-state index in [1.54, 1.807) is 0 Å². The molecule has 0 aliphatic rings. The topological polar surface area (TPSA) is 26.3 Å². The van der Waals surface area contributed by atoms with Crippen LogP contribution in [0, 0.1) is 0 Å². The summed E-state index contributed by atoms with van der Waals surface area (Å²) in [7, 11) is 0. The first-order chi connectivity index (χ1) is 5.38. The molecule has 0 atom stereocenters. The molecule has 0 aromatic heterocycles. The summed E-state index contributed by atoms with van der Waals surface area (Å²) in [4.78, 5) is 10.5. The maximum Gasteiger partial charge on any atom is 0.505 e. The number of halogens is 3. The van der Waals surface area contributed by atoms with Gasteiger partial charge in [0.05, 0.1) is 6.61 Å². The second kappa shape index (κ2) is 4.18. The van der Waals surface area contributed by atoms with Gasteiger partial charge in [0, 0.05) is 0 Å². The van der Waals surface area contributed by atoms with E-state index in [2.05, 4.69) is 4.74 Å². The Bertz CT molecular complexity index is 197. The van der Waals surface area contributed by atoms with Crippen LogP contribution in [0.25, 0.3) is 0 Å². The van der Waals surface area contributed by atoms with Gasteiger partial charge < -0.3 is 17.7 Å². The van der Waals surface area contributed by atoms with E-state index in [0.717, 1.165) is 6.92 Å². The minimum absolute atomic E-state index is 0.0769. The molecule has 0 fully saturated rings. The number of ether oxygens (including phenoxy) is 1. The molecule has 70 valence electrons. The second-order valence-electron chi connectivity index (χ2n) is 2.22. The van der Waals surface area contributed by atoms with Crippen molar-refractivity contribution in [3.05, 3.63) is 11.5 Å². The molecule has 0 aromatic carbocycles. The van der Waals surface area contributed by atoms with Crippen LogP contribution in [0.1, 0.15) is 13.8 Å². The van der Waals surface area contributed by atoms with Crippen LogP contribution >= 0.6 is 0 Å². The maximum atomic E-state index is 11.8. The Hall–Kier alpha value is -0.935. The van der Waals surface area contributed by atoms with E-state index in [1.165, 1.54) is 6.92 Å². The average molecular weight is 181 g/mol. The van der Waals surface area contributed by atoms with Crippen LogP contribution in [0.4, 0.5) is 12.9 Å². The zero-order valence-corrected chi connectivity index (χ0v) is 6.81. The highest BCUT2D eigenvalue weighted by molar-refractivity contribution is 6.67. The third-order valence-electron chi connectivity index (χ3n) is 1.15. The van der Waals surface area contributed by atoms with Crippen LogP contribution in [-0.2, 0) is 9.53 Å². The SMILES string of the molecule is CCOC(=O)/C=C(\C)[B-](F)(F)F. The average Bonchev–Trinajstić information content (AvgIpc) is 1.85. The molecule has 12 heavy (non-hydrogen) atoms. The molecule has 0 radical (unpaired) electrons. The van der Waals surface area contributed by atoms with Gasteiger partial charge in [-0.05, 0) is 13.0 Å². The number of carbonyl (C=O) groups excluding carboxylic acids is 1. The van der Waals surface area contributed by atoms with Crippen LogP contribution in [0.2, 0.25) is 0 Å². The zero-order valence-electron chi connectivity index (χ0n) is 6.81. The van der Waals surface area contributed by atoms with Crippen LogP contribution in [0.15, 0.2) is 11.5 Å². The molecule has 0 N–H and O–H groups in total. The zero-order chi connectivity index (χ0) is 9.78. The number of allylic oxidation sites excluding steroid dienone is 1. The number of hydrogen-bond acceptors (Lipinski definition) is 2. The van der Waals surface area contributed by atoms with Gasteiger partial charge in [-0.3, -0.25) is 0 Å². The highest BCUT2D eigenvalue weighted by atomic mass is 19.4. The van der Waals surface area contributed by atoms with Gasteiger partial charge in [0.2, 0.25) is 0 Å². The standard InChI is InChI=1S/C6H9BF3O2/c1-3-12-6(11)4-5(2)7(8,9)10/h4H,3H2,1-2H3/q-1/b5-4+.